The van der Waals surface area contributed by atoms with Crippen molar-refractivity contribution in [2.45, 2.75) is 32.6 Å². The van der Waals surface area contributed by atoms with Gasteiger partial charge in [-0.15, -0.1) is 0 Å². The van der Waals surface area contributed by atoms with E-state index in [4.69, 9.17) is 0 Å². The van der Waals surface area contributed by atoms with Crippen LogP contribution in [0.3, 0.4) is 0 Å². The number of nitrogens with one attached hydrogen (secondary N) is 2. The van der Waals surface area contributed by atoms with Gasteiger partial charge in [-0.3, -0.25) is 0 Å². The molecule has 3 rings (SSSR count). The molecule has 10 heteroatoms. The van der Waals surface area contributed by atoms with Gasteiger partial charge in [0.2, 0.25) is 10.0 Å². The fourth-order valence-corrected chi connectivity index (χ4v) is 4.21. The van der Waals surface area contributed by atoms with Crippen LogP contribution in [0.1, 0.15) is 22.8 Å². The summed E-state index contributed by atoms with van der Waals surface area (Å²) in [7, 11) is -3.81. The second-order valence-electron chi connectivity index (χ2n) is 6.73. The number of sulfonamides is 1. The molecule has 0 atom stereocenters. The Balaban J connectivity index is 1.66. The molecule has 0 radical (unpaired) electrons. The van der Waals surface area contributed by atoms with E-state index in [0.29, 0.717) is 29.6 Å². The van der Waals surface area contributed by atoms with E-state index in [-0.39, 0.29) is 11.4 Å². The summed E-state index contributed by atoms with van der Waals surface area (Å²) >= 11 is 0. The predicted octanol–water partition coefficient (Wildman–Crippen LogP) is 2.43. The summed E-state index contributed by atoms with van der Waals surface area (Å²) < 4.78 is 42.4. The van der Waals surface area contributed by atoms with Gasteiger partial charge >= 0.3 is 0 Å². The van der Waals surface area contributed by atoms with E-state index in [1.165, 1.54) is 12.1 Å². The van der Waals surface area contributed by atoms with Crippen LogP contribution >= 0.6 is 0 Å². The third kappa shape index (κ3) is 4.96. The third-order valence-electron chi connectivity index (χ3n) is 4.21. The van der Waals surface area contributed by atoms with E-state index in [0.717, 1.165) is 17.5 Å². The van der Waals surface area contributed by atoms with Gasteiger partial charge in [0.15, 0.2) is 5.82 Å². The molecule has 0 fully saturated rings. The van der Waals surface area contributed by atoms with Gasteiger partial charge in [0.05, 0.1) is 10.6 Å². The van der Waals surface area contributed by atoms with Crippen molar-refractivity contribution >= 4 is 15.8 Å². The van der Waals surface area contributed by atoms with E-state index < -0.39 is 15.8 Å². The second kappa shape index (κ2) is 8.26. The average Bonchev–Trinajstić information content (AvgIpc) is 2.98. The number of aromatic nitrogens is 4. The molecule has 0 amide bonds. The van der Waals surface area contributed by atoms with Gasteiger partial charge in [-0.05, 0) is 51.5 Å². The van der Waals surface area contributed by atoms with Crippen LogP contribution in [0.25, 0.3) is 5.82 Å². The first-order chi connectivity index (χ1) is 13.7. The predicted molar refractivity (Wildman–Crippen MR) is 108 cm³/mol. The monoisotopic (exact) mass is 418 g/mol. The van der Waals surface area contributed by atoms with Crippen LogP contribution in [-0.4, -0.2) is 41.3 Å². The molecule has 0 saturated carbocycles. The lowest BCUT2D eigenvalue weighted by molar-refractivity contribution is 0.578. The minimum atomic E-state index is -3.81. The zero-order chi connectivity index (χ0) is 21.2. The zero-order valence-electron chi connectivity index (χ0n) is 16.7. The molecule has 29 heavy (non-hydrogen) atoms. The van der Waals surface area contributed by atoms with E-state index in [9.17, 15) is 12.8 Å². The molecule has 2 N–H and O–H groups in total. The normalized spacial score (nSPS) is 11.6. The highest BCUT2D eigenvalue weighted by molar-refractivity contribution is 7.89. The number of nitrogens with zero attached hydrogens (tertiary/aromatic N) is 4. The third-order valence-corrected chi connectivity index (χ3v) is 5.82. The summed E-state index contributed by atoms with van der Waals surface area (Å²) in [5.74, 6) is 1.15. The molecular weight excluding hydrogens is 395 g/mol. The van der Waals surface area contributed by atoms with Crippen molar-refractivity contribution < 1.29 is 12.8 Å². The zero-order valence-corrected chi connectivity index (χ0v) is 17.5. The molecule has 2 heterocycles. The molecule has 0 aliphatic rings. The number of halogens is 1. The summed E-state index contributed by atoms with van der Waals surface area (Å²) in [4.78, 5) is 8.66. The molecule has 154 valence electrons. The number of hydrogen-bond donors (Lipinski definition) is 2. The van der Waals surface area contributed by atoms with Crippen LogP contribution in [0.5, 0.6) is 0 Å². The number of aryl methyl sites for hydroxylation is 4. The molecule has 0 spiro atoms. The molecular formula is C19H23FN6O2S. The largest absolute Gasteiger partial charge is 0.369 e. The van der Waals surface area contributed by atoms with Gasteiger partial charge in [-0.2, -0.15) is 5.10 Å². The molecule has 0 bridgehead atoms. The summed E-state index contributed by atoms with van der Waals surface area (Å²) in [5, 5.41) is 7.50. The Morgan fingerprint density at radius 1 is 1.03 bits per heavy atom. The Hall–Kier alpha value is -2.85. The highest BCUT2D eigenvalue weighted by Gasteiger charge is 2.17. The minimum Gasteiger partial charge on any atom is -0.369 e. The molecule has 3 aromatic rings. The molecule has 8 nitrogen and oxygen atoms in total. The maximum absolute atomic E-state index is 13.4. The Bertz CT molecular complexity index is 1140. The molecule has 2 aromatic heterocycles. The maximum Gasteiger partial charge on any atom is 0.240 e. The summed E-state index contributed by atoms with van der Waals surface area (Å²) in [5.41, 5.74) is 2.31. The van der Waals surface area contributed by atoms with Crippen LogP contribution in [0.15, 0.2) is 35.2 Å². The Morgan fingerprint density at radius 3 is 2.48 bits per heavy atom. The Kier molecular flexibility index (Phi) is 5.94. The second-order valence-corrected chi connectivity index (χ2v) is 8.47. The smallest absolute Gasteiger partial charge is 0.240 e. The maximum atomic E-state index is 13.4. The van der Waals surface area contributed by atoms with Crippen LogP contribution in [0.2, 0.25) is 0 Å². The lowest BCUT2D eigenvalue weighted by atomic mass is 10.2. The fourth-order valence-electron chi connectivity index (χ4n) is 2.93. The fraction of sp³-hybridized carbons (Fsp3) is 0.316. The standard InChI is InChI=1S/C19H23FN6O2S/c1-12-5-6-16(20)10-17(12)29(27,28)22-8-7-21-18-11-19(24-15(4)23-18)26-14(3)9-13(2)25-26/h5-6,9-11,22H,7-8H2,1-4H3,(H,21,23,24). The van der Waals surface area contributed by atoms with Gasteiger partial charge in [0, 0.05) is 24.8 Å². The first-order valence-electron chi connectivity index (χ1n) is 9.05. The van der Waals surface area contributed by atoms with Crippen molar-refractivity contribution in [3.8, 4) is 5.82 Å². The SMILES string of the molecule is Cc1cc(C)n(-c2cc(NCCNS(=O)(=O)c3cc(F)ccc3C)nc(C)n2)n1. The molecule has 0 saturated heterocycles. The van der Waals surface area contributed by atoms with Crippen LogP contribution in [0.4, 0.5) is 10.2 Å². The van der Waals surface area contributed by atoms with E-state index in [2.05, 4.69) is 25.1 Å². The summed E-state index contributed by atoms with van der Waals surface area (Å²) in [6, 6.07) is 7.38. The first-order valence-corrected chi connectivity index (χ1v) is 10.5. The molecule has 0 unspecified atom stereocenters. The van der Waals surface area contributed by atoms with Gasteiger partial charge < -0.3 is 5.32 Å². The number of benzene rings is 1. The van der Waals surface area contributed by atoms with Crippen molar-refractivity contribution in [2.24, 2.45) is 0 Å². The topological polar surface area (TPSA) is 102 Å². The lowest BCUT2D eigenvalue weighted by Gasteiger charge is -2.11. The first kappa shape index (κ1) is 20.9. The summed E-state index contributed by atoms with van der Waals surface area (Å²) in [6.45, 7) is 7.64. The molecule has 1 aromatic carbocycles. The van der Waals surface area contributed by atoms with E-state index in [1.54, 1.807) is 24.6 Å². The van der Waals surface area contributed by atoms with Gasteiger partial charge in [0.1, 0.15) is 17.5 Å². The van der Waals surface area contributed by atoms with E-state index in [1.807, 2.05) is 19.9 Å². The average molecular weight is 418 g/mol. The number of rotatable bonds is 7. The van der Waals surface area contributed by atoms with Crippen LogP contribution in [-0.2, 0) is 10.0 Å². The van der Waals surface area contributed by atoms with Crippen molar-refractivity contribution in [3.63, 3.8) is 0 Å². The number of hydrogen-bond acceptors (Lipinski definition) is 6. The number of anilines is 1. The van der Waals surface area contributed by atoms with Gasteiger partial charge in [-0.1, -0.05) is 6.07 Å². The molecule has 0 aliphatic carbocycles. The van der Waals surface area contributed by atoms with Crippen molar-refractivity contribution in [1.29, 1.82) is 0 Å². The van der Waals surface area contributed by atoms with Crippen LogP contribution in [0, 0.1) is 33.5 Å². The van der Waals surface area contributed by atoms with Crippen molar-refractivity contribution in [1.82, 2.24) is 24.5 Å². The Labute approximate surface area is 169 Å². The van der Waals surface area contributed by atoms with Gasteiger partial charge in [-0.25, -0.2) is 32.2 Å². The van der Waals surface area contributed by atoms with Crippen molar-refractivity contribution in [2.75, 3.05) is 18.4 Å². The highest BCUT2D eigenvalue weighted by Crippen LogP contribution is 2.16. The summed E-state index contributed by atoms with van der Waals surface area (Å²) in [6.07, 6.45) is 0. The van der Waals surface area contributed by atoms with E-state index >= 15 is 0 Å². The minimum absolute atomic E-state index is 0.0674. The van der Waals surface area contributed by atoms with Crippen LogP contribution < -0.4 is 10.0 Å². The highest BCUT2D eigenvalue weighted by atomic mass is 32.2. The van der Waals surface area contributed by atoms with Crippen molar-refractivity contribution in [3.05, 3.63) is 58.9 Å². The van der Waals surface area contributed by atoms with Gasteiger partial charge in [0.25, 0.3) is 0 Å². The Morgan fingerprint density at radius 2 is 1.79 bits per heavy atom. The quantitative estimate of drug-likeness (QED) is 0.572. The molecule has 0 aliphatic heterocycles. The lowest BCUT2D eigenvalue weighted by Crippen LogP contribution is -2.29.